The zero-order valence-electron chi connectivity index (χ0n) is 15.1. The van der Waals surface area contributed by atoms with Gasteiger partial charge in [0, 0.05) is 38.0 Å². The first-order valence-corrected chi connectivity index (χ1v) is 8.69. The van der Waals surface area contributed by atoms with Gasteiger partial charge >= 0.3 is 0 Å². The summed E-state index contributed by atoms with van der Waals surface area (Å²) >= 11 is 0. The van der Waals surface area contributed by atoms with Crippen molar-refractivity contribution < 1.29 is 23.8 Å². The van der Waals surface area contributed by atoms with Gasteiger partial charge in [-0.2, -0.15) is 0 Å². The lowest BCUT2D eigenvalue weighted by Gasteiger charge is -2.32. The number of nitrogens with zero attached hydrogens (tertiary/aromatic N) is 1. The third-order valence-electron chi connectivity index (χ3n) is 5.00. The zero-order valence-corrected chi connectivity index (χ0v) is 15.1. The number of ether oxygens (including phenoxy) is 3. The number of hydrogen-bond acceptors (Lipinski definition) is 6. The second kappa shape index (κ2) is 7.51. The number of hydrogen-bond donors (Lipinski definition) is 2. The molecule has 3 rings (SSSR count). The van der Waals surface area contributed by atoms with Crippen molar-refractivity contribution in [2.24, 2.45) is 5.73 Å². The molecule has 0 radical (unpaired) electrons. The lowest BCUT2D eigenvalue weighted by molar-refractivity contribution is -0.132. The molecule has 2 heterocycles. The molecule has 0 aliphatic carbocycles. The fraction of sp³-hybridized carbons (Fsp3) is 0.556. The minimum Gasteiger partial charge on any atom is -0.497 e. The van der Waals surface area contributed by atoms with Crippen LogP contribution in [0, 0.1) is 0 Å². The van der Waals surface area contributed by atoms with Crippen molar-refractivity contribution in [2.75, 3.05) is 38.9 Å². The van der Waals surface area contributed by atoms with Crippen LogP contribution in [-0.4, -0.2) is 57.4 Å². The Morgan fingerprint density at radius 2 is 1.85 bits per heavy atom. The van der Waals surface area contributed by atoms with Gasteiger partial charge in [0.15, 0.2) is 0 Å². The van der Waals surface area contributed by atoms with Crippen molar-refractivity contribution in [3.8, 4) is 11.5 Å². The van der Waals surface area contributed by atoms with Crippen LogP contribution in [0.25, 0.3) is 0 Å². The summed E-state index contributed by atoms with van der Waals surface area (Å²) in [4.78, 5) is 27.0. The first kappa shape index (κ1) is 18.5. The van der Waals surface area contributed by atoms with E-state index in [2.05, 4.69) is 5.32 Å². The number of benzene rings is 1. The van der Waals surface area contributed by atoms with E-state index in [-0.39, 0.29) is 11.8 Å². The summed E-state index contributed by atoms with van der Waals surface area (Å²) in [5, 5.41) is 2.82. The molecule has 0 spiro atoms. The third-order valence-corrected chi connectivity index (χ3v) is 5.00. The van der Waals surface area contributed by atoms with Crippen LogP contribution in [-0.2, 0) is 14.3 Å². The van der Waals surface area contributed by atoms with Crippen molar-refractivity contribution in [3.63, 3.8) is 0 Å². The number of carbonyl (C=O) groups is 2. The Balaban J connectivity index is 1.71. The fourth-order valence-electron chi connectivity index (χ4n) is 3.28. The molecule has 142 valence electrons. The minimum atomic E-state index is -0.967. The monoisotopic (exact) mass is 363 g/mol. The SMILES string of the molecule is COc1cc(OC)cc(N2CCC(NC(=O)C3(N)CCOCC3)C2=O)c1. The topological polar surface area (TPSA) is 103 Å². The predicted molar refractivity (Wildman–Crippen MR) is 95.4 cm³/mol. The molecule has 2 aliphatic rings. The number of methoxy groups -OCH3 is 2. The Kier molecular flexibility index (Phi) is 5.33. The third kappa shape index (κ3) is 3.61. The van der Waals surface area contributed by atoms with Crippen LogP contribution in [0.3, 0.4) is 0 Å². The molecule has 0 aromatic heterocycles. The summed E-state index contributed by atoms with van der Waals surface area (Å²) < 4.78 is 15.8. The maximum atomic E-state index is 12.8. The average Bonchev–Trinajstić information content (AvgIpc) is 3.02. The van der Waals surface area contributed by atoms with Gasteiger partial charge in [-0.15, -0.1) is 0 Å². The van der Waals surface area contributed by atoms with Crippen LogP contribution in [0.4, 0.5) is 5.69 Å². The van der Waals surface area contributed by atoms with E-state index in [9.17, 15) is 9.59 Å². The van der Waals surface area contributed by atoms with Crippen molar-refractivity contribution in [3.05, 3.63) is 18.2 Å². The number of amides is 2. The van der Waals surface area contributed by atoms with Gasteiger partial charge in [-0.1, -0.05) is 0 Å². The lowest BCUT2D eigenvalue weighted by Crippen LogP contribution is -2.59. The molecule has 8 heteroatoms. The highest BCUT2D eigenvalue weighted by molar-refractivity contribution is 6.02. The normalized spacial score (nSPS) is 22.2. The number of nitrogens with one attached hydrogen (secondary N) is 1. The smallest absolute Gasteiger partial charge is 0.249 e. The van der Waals surface area contributed by atoms with E-state index >= 15 is 0 Å². The second-order valence-corrected chi connectivity index (χ2v) is 6.64. The molecule has 3 N–H and O–H groups in total. The predicted octanol–water partition coefficient (Wildman–Crippen LogP) is 0.433. The van der Waals surface area contributed by atoms with E-state index in [0.717, 1.165) is 0 Å². The van der Waals surface area contributed by atoms with Crippen molar-refractivity contribution >= 4 is 17.5 Å². The van der Waals surface area contributed by atoms with Crippen molar-refractivity contribution in [1.82, 2.24) is 5.32 Å². The van der Waals surface area contributed by atoms with E-state index in [1.165, 1.54) is 0 Å². The lowest BCUT2D eigenvalue weighted by atomic mass is 9.90. The summed E-state index contributed by atoms with van der Waals surface area (Å²) in [6.07, 6.45) is 1.43. The Labute approximate surface area is 152 Å². The highest BCUT2D eigenvalue weighted by Crippen LogP contribution is 2.31. The van der Waals surface area contributed by atoms with E-state index in [1.54, 1.807) is 37.3 Å². The van der Waals surface area contributed by atoms with E-state index in [1.807, 2.05) is 0 Å². The molecule has 1 aromatic rings. The van der Waals surface area contributed by atoms with Gasteiger partial charge in [-0.25, -0.2) is 0 Å². The number of rotatable bonds is 5. The zero-order chi connectivity index (χ0) is 18.7. The molecule has 1 atom stereocenters. The molecule has 2 amide bonds. The molecule has 8 nitrogen and oxygen atoms in total. The maximum absolute atomic E-state index is 12.8. The van der Waals surface area contributed by atoms with E-state index in [0.29, 0.717) is 56.2 Å². The first-order chi connectivity index (χ1) is 12.5. The van der Waals surface area contributed by atoms with Gasteiger partial charge in [0.25, 0.3) is 0 Å². The second-order valence-electron chi connectivity index (χ2n) is 6.64. The summed E-state index contributed by atoms with van der Waals surface area (Å²) in [6, 6.07) is 4.70. The molecule has 2 fully saturated rings. The van der Waals surface area contributed by atoms with Crippen LogP contribution in [0.2, 0.25) is 0 Å². The van der Waals surface area contributed by atoms with Gasteiger partial charge in [-0.3, -0.25) is 9.59 Å². The Hall–Kier alpha value is -2.32. The summed E-state index contributed by atoms with van der Waals surface area (Å²) in [5.74, 6) is 0.749. The minimum absolute atomic E-state index is 0.163. The highest BCUT2D eigenvalue weighted by Gasteiger charge is 2.40. The largest absolute Gasteiger partial charge is 0.497 e. The summed E-state index contributed by atoms with van der Waals surface area (Å²) in [5.41, 5.74) is 5.91. The Morgan fingerprint density at radius 3 is 2.42 bits per heavy atom. The Bertz CT molecular complexity index is 665. The molecule has 0 saturated carbocycles. The summed E-state index contributed by atoms with van der Waals surface area (Å²) in [7, 11) is 3.12. The Morgan fingerprint density at radius 1 is 1.23 bits per heavy atom. The quantitative estimate of drug-likeness (QED) is 0.787. The van der Waals surface area contributed by atoms with Crippen molar-refractivity contribution in [2.45, 2.75) is 30.8 Å². The van der Waals surface area contributed by atoms with Crippen LogP contribution in [0.5, 0.6) is 11.5 Å². The van der Waals surface area contributed by atoms with Crippen LogP contribution in [0.15, 0.2) is 18.2 Å². The molecule has 2 aliphatic heterocycles. The molecule has 0 bridgehead atoms. The van der Waals surface area contributed by atoms with Gasteiger partial charge in [0.2, 0.25) is 11.8 Å². The maximum Gasteiger partial charge on any atom is 0.249 e. The first-order valence-electron chi connectivity index (χ1n) is 8.69. The molecular formula is C18H25N3O5. The summed E-state index contributed by atoms with van der Waals surface area (Å²) in [6.45, 7) is 1.41. The molecule has 26 heavy (non-hydrogen) atoms. The average molecular weight is 363 g/mol. The number of nitrogens with two attached hydrogens (primary N) is 1. The van der Waals surface area contributed by atoms with E-state index < -0.39 is 11.6 Å². The van der Waals surface area contributed by atoms with Crippen LogP contribution in [0.1, 0.15) is 19.3 Å². The molecule has 1 aromatic carbocycles. The van der Waals surface area contributed by atoms with Gasteiger partial charge in [0.1, 0.15) is 17.5 Å². The number of carbonyl (C=O) groups excluding carboxylic acids is 2. The highest BCUT2D eigenvalue weighted by atomic mass is 16.5. The van der Waals surface area contributed by atoms with Gasteiger partial charge < -0.3 is 30.2 Å². The molecular weight excluding hydrogens is 338 g/mol. The van der Waals surface area contributed by atoms with E-state index in [4.69, 9.17) is 19.9 Å². The molecule has 2 saturated heterocycles. The molecule has 1 unspecified atom stereocenters. The van der Waals surface area contributed by atoms with Gasteiger partial charge in [-0.05, 0) is 19.3 Å². The fourth-order valence-corrected chi connectivity index (χ4v) is 3.28. The van der Waals surface area contributed by atoms with Crippen LogP contribution < -0.4 is 25.4 Å². The van der Waals surface area contributed by atoms with Crippen LogP contribution >= 0.6 is 0 Å². The standard InChI is InChI=1S/C18H25N3O5/c1-24-13-9-12(10-14(11-13)25-2)21-6-3-15(16(21)22)20-17(23)18(19)4-7-26-8-5-18/h9-11,15H,3-8,19H2,1-2H3,(H,20,23). The number of anilines is 1. The van der Waals surface area contributed by atoms with Crippen molar-refractivity contribution in [1.29, 1.82) is 0 Å². The van der Waals surface area contributed by atoms with Gasteiger partial charge in [0.05, 0.1) is 25.4 Å².